The van der Waals surface area contributed by atoms with Crippen molar-refractivity contribution in [2.24, 2.45) is 0 Å². The first-order valence-corrected chi connectivity index (χ1v) is 5.38. The fraction of sp³-hybridized carbons (Fsp3) is 0.308. The van der Waals surface area contributed by atoms with E-state index < -0.39 is 0 Å². The van der Waals surface area contributed by atoms with Crippen LogP contribution in [0.15, 0.2) is 42.6 Å². The number of hydrogen-bond donors (Lipinski definition) is 0. The van der Waals surface area contributed by atoms with Crippen LogP contribution in [0.3, 0.4) is 0 Å². The summed E-state index contributed by atoms with van der Waals surface area (Å²) >= 11 is 0. The summed E-state index contributed by atoms with van der Waals surface area (Å²) in [6.45, 7) is 2.16. The first-order chi connectivity index (χ1) is 7.36. The quantitative estimate of drug-likeness (QED) is 0.553. The molecule has 1 fully saturated rings. The average molecular weight is 201 g/mol. The summed E-state index contributed by atoms with van der Waals surface area (Å²) in [4.78, 5) is 13.9. The number of carbonyl (C=O) groups excluding carboxylic acids is 1. The van der Waals surface area contributed by atoms with Gasteiger partial charge in [-0.2, -0.15) is 0 Å². The van der Waals surface area contributed by atoms with E-state index in [4.69, 9.17) is 0 Å². The fourth-order valence-corrected chi connectivity index (χ4v) is 1.76. The molecule has 0 amide bonds. The molecule has 1 saturated heterocycles. The summed E-state index contributed by atoms with van der Waals surface area (Å²) in [5.74, 6) is 0.0856. The fourth-order valence-electron chi connectivity index (χ4n) is 1.76. The summed E-state index contributed by atoms with van der Waals surface area (Å²) in [7, 11) is 0. The number of rotatable bonds is 3. The Labute approximate surface area is 90.2 Å². The molecule has 78 valence electrons. The van der Waals surface area contributed by atoms with Crippen LogP contribution < -0.4 is 0 Å². The Morgan fingerprint density at radius 3 is 2.47 bits per heavy atom. The number of allylic oxidation sites excluding steroid dienone is 1. The summed E-state index contributed by atoms with van der Waals surface area (Å²) in [6, 6.07) is 9.38. The van der Waals surface area contributed by atoms with E-state index in [1.165, 1.54) is 12.8 Å². The number of hydrogen-bond acceptors (Lipinski definition) is 2. The number of nitrogens with zero attached hydrogens (tertiary/aromatic N) is 1. The van der Waals surface area contributed by atoms with Gasteiger partial charge >= 0.3 is 0 Å². The Morgan fingerprint density at radius 2 is 1.80 bits per heavy atom. The zero-order valence-electron chi connectivity index (χ0n) is 8.73. The third-order valence-corrected chi connectivity index (χ3v) is 2.64. The lowest BCUT2D eigenvalue weighted by atomic mass is 10.1. The van der Waals surface area contributed by atoms with Gasteiger partial charge in [0.1, 0.15) is 0 Å². The second-order valence-electron chi connectivity index (χ2n) is 3.79. The van der Waals surface area contributed by atoms with E-state index in [-0.39, 0.29) is 5.78 Å². The molecule has 1 aromatic carbocycles. The highest BCUT2D eigenvalue weighted by Gasteiger charge is 2.07. The van der Waals surface area contributed by atoms with E-state index in [0.717, 1.165) is 18.7 Å². The van der Waals surface area contributed by atoms with Crippen LogP contribution in [0.4, 0.5) is 0 Å². The molecule has 1 heterocycles. The van der Waals surface area contributed by atoms with Crippen molar-refractivity contribution >= 4 is 5.78 Å². The Kier molecular flexibility index (Phi) is 3.18. The summed E-state index contributed by atoms with van der Waals surface area (Å²) < 4.78 is 0. The van der Waals surface area contributed by atoms with Crippen molar-refractivity contribution in [1.29, 1.82) is 0 Å². The van der Waals surface area contributed by atoms with Gasteiger partial charge in [0.2, 0.25) is 0 Å². The lowest BCUT2D eigenvalue weighted by Gasteiger charge is -2.09. The van der Waals surface area contributed by atoms with E-state index in [9.17, 15) is 4.79 Å². The highest BCUT2D eigenvalue weighted by molar-refractivity contribution is 6.04. The van der Waals surface area contributed by atoms with Gasteiger partial charge < -0.3 is 4.90 Å². The second kappa shape index (κ2) is 4.78. The van der Waals surface area contributed by atoms with Gasteiger partial charge in [0, 0.05) is 30.9 Å². The van der Waals surface area contributed by atoms with Gasteiger partial charge in [-0.3, -0.25) is 4.79 Å². The van der Waals surface area contributed by atoms with E-state index >= 15 is 0 Å². The summed E-state index contributed by atoms with van der Waals surface area (Å²) in [5.41, 5.74) is 0.757. The average Bonchev–Trinajstić information content (AvgIpc) is 2.80. The molecule has 0 aliphatic carbocycles. The highest BCUT2D eigenvalue weighted by atomic mass is 16.1. The van der Waals surface area contributed by atoms with Crippen molar-refractivity contribution in [1.82, 2.24) is 4.90 Å². The van der Waals surface area contributed by atoms with Crippen molar-refractivity contribution in [3.63, 3.8) is 0 Å². The molecule has 1 aliphatic heterocycles. The summed E-state index contributed by atoms with van der Waals surface area (Å²) in [5, 5.41) is 0. The zero-order chi connectivity index (χ0) is 10.5. The Bertz CT molecular complexity index is 350. The minimum absolute atomic E-state index is 0.0856. The van der Waals surface area contributed by atoms with Gasteiger partial charge in [0.05, 0.1) is 0 Å². The topological polar surface area (TPSA) is 20.3 Å². The van der Waals surface area contributed by atoms with Gasteiger partial charge in [-0.15, -0.1) is 0 Å². The maximum atomic E-state index is 11.7. The molecule has 2 nitrogen and oxygen atoms in total. The van der Waals surface area contributed by atoms with Crippen LogP contribution in [0.2, 0.25) is 0 Å². The number of carbonyl (C=O) groups is 1. The molecule has 1 aromatic rings. The highest BCUT2D eigenvalue weighted by Crippen LogP contribution is 2.08. The van der Waals surface area contributed by atoms with E-state index in [1.54, 1.807) is 6.08 Å². The summed E-state index contributed by atoms with van der Waals surface area (Å²) in [6.07, 6.45) is 6.07. The largest absolute Gasteiger partial charge is 0.377 e. The molecule has 0 radical (unpaired) electrons. The molecule has 0 N–H and O–H groups in total. The molecule has 15 heavy (non-hydrogen) atoms. The van der Waals surface area contributed by atoms with Crippen molar-refractivity contribution in [3.05, 3.63) is 48.2 Å². The monoisotopic (exact) mass is 201 g/mol. The van der Waals surface area contributed by atoms with Crippen LogP contribution in [0.25, 0.3) is 0 Å². The molecule has 0 bridgehead atoms. The first kappa shape index (κ1) is 9.97. The Morgan fingerprint density at radius 1 is 1.13 bits per heavy atom. The second-order valence-corrected chi connectivity index (χ2v) is 3.79. The van der Waals surface area contributed by atoms with E-state index in [2.05, 4.69) is 4.90 Å². The van der Waals surface area contributed by atoms with Gasteiger partial charge in [-0.1, -0.05) is 30.3 Å². The molecule has 0 aromatic heterocycles. The Balaban J connectivity index is 1.97. The predicted molar refractivity (Wildman–Crippen MR) is 60.7 cm³/mol. The SMILES string of the molecule is O=C(C=CN1CCCC1)c1ccccc1. The van der Waals surface area contributed by atoms with Gasteiger partial charge in [-0.05, 0) is 12.8 Å². The molecule has 0 unspecified atom stereocenters. The zero-order valence-corrected chi connectivity index (χ0v) is 8.73. The number of ketones is 1. The van der Waals surface area contributed by atoms with E-state index in [1.807, 2.05) is 36.5 Å². The van der Waals surface area contributed by atoms with Crippen molar-refractivity contribution in [2.45, 2.75) is 12.8 Å². The van der Waals surface area contributed by atoms with Crippen LogP contribution >= 0.6 is 0 Å². The number of benzene rings is 1. The Hall–Kier alpha value is -1.57. The van der Waals surface area contributed by atoms with Crippen LogP contribution in [0.1, 0.15) is 23.2 Å². The smallest absolute Gasteiger partial charge is 0.187 e. The molecular formula is C13H15NO. The molecule has 0 atom stereocenters. The maximum Gasteiger partial charge on any atom is 0.187 e. The van der Waals surface area contributed by atoms with Crippen LogP contribution in [-0.2, 0) is 0 Å². The van der Waals surface area contributed by atoms with Gasteiger partial charge in [-0.25, -0.2) is 0 Å². The third kappa shape index (κ3) is 2.69. The van der Waals surface area contributed by atoms with Crippen molar-refractivity contribution < 1.29 is 4.79 Å². The maximum absolute atomic E-state index is 11.7. The molecule has 2 heteroatoms. The molecular weight excluding hydrogens is 186 g/mol. The minimum atomic E-state index is 0.0856. The van der Waals surface area contributed by atoms with Crippen LogP contribution in [-0.4, -0.2) is 23.8 Å². The number of likely N-dealkylation sites (tertiary alicyclic amines) is 1. The molecule has 0 saturated carbocycles. The van der Waals surface area contributed by atoms with Crippen LogP contribution in [0.5, 0.6) is 0 Å². The van der Waals surface area contributed by atoms with Crippen molar-refractivity contribution in [3.8, 4) is 0 Å². The molecule has 1 aliphatic rings. The predicted octanol–water partition coefficient (Wildman–Crippen LogP) is 2.48. The van der Waals surface area contributed by atoms with E-state index in [0.29, 0.717) is 0 Å². The van der Waals surface area contributed by atoms with Gasteiger partial charge in [0.15, 0.2) is 5.78 Å². The molecule has 0 spiro atoms. The standard InChI is InChI=1S/C13H15NO/c15-13(12-6-2-1-3-7-12)8-11-14-9-4-5-10-14/h1-3,6-8,11H,4-5,9-10H2. The first-order valence-electron chi connectivity index (χ1n) is 5.38. The van der Waals surface area contributed by atoms with Crippen LogP contribution in [0, 0.1) is 0 Å². The third-order valence-electron chi connectivity index (χ3n) is 2.64. The van der Waals surface area contributed by atoms with Gasteiger partial charge in [0.25, 0.3) is 0 Å². The lowest BCUT2D eigenvalue weighted by Crippen LogP contribution is -2.11. The van der Waals surface area contributed by atoms with Crippen molar-refractivity contribution in [2.75, 3.05) is 13.1 Å². The normalized spacial score (nSPS) is 16.1. The minimum Gasteiger partial charge on any atom is -0.377 e. The lowest BCUT2D eigenvalue weighted by molar-refractivity contribution is 0.104. The molecule has 2 rings (SSSR count).